The first-order valence-corrected chi connectivity index (χ1v) is 5.55. The van der Waals surface area contributed by atoms with Gasteiger partial charge >= 0.3 is 0 Å². The van der Waals surface area contributed by atoms with Gasteiger partial charge in [0, 0.05) is 25.9 Å². The molecular weight excluding hydrogens is 224 g/mol. The Hall–Kier alpha value is -1.63. The minimum atomic E-state index is 0.607. The number of hydrogen-bond donors (Lipinski definition) is 1. The first kappa shape index (κ1) is 10.9. The number of aromatic nitrogens is 5. The normalized spacial score (nSPS) is 10.4. The summed E-state index contributed by atoms with van der Waals surface area (Å²) in [6.07, 6.45) is 3.45. The Morgan fingerprint density at radius 1 is 1.44 bits per heavy atom. The molecule has 84 valence electrons. The van der Waals surface area contributed by atoms with Crippen molar-refractivity contribution in [3.63, 3.8) is 0 Å². The number of anilines is 1. The summed E-state index contributed by atoms with van der Waals surface area (Å²) >= 11 is 1.48. The predicted molar refractivity (Wildman–Crippen MR) is 61.4 cm³/mol. The second-order valence-electron chi connectivity index (χ2n) is 3.26. The highest BCUT2D eigenvalue weighted by Crippen LogP contribution is 2.26. The maximum atomic E-state index is 4.37. The van der Waals surface area contributed by atoms with Crippen LogP contribution in [0.5, 0.6) is 0 Å². The fourth-order valence-electron chi connectivity index (χ4n) is 1.10. The van der Waals surface area contributed by atoms with Crippen molar-refractivity contribution in [1.82, 2.24) is 24.7 Å². The molecule has 0 saturated heterocycles. The van der Waals surface area contributed by atoms with Gasteiger partial charge in [-0.25, -0.2) is 9.97 Å². The first-order chi connectivity index (χ1) is 7.70. The summed E-state index contributed by atoms with van der Waals surface area (Å²) in [4.78, 5) is 8.50. The maximum Gasteiger partial charge on any atom is 0.223 e. The molecule has 2 heterocycles. The van der Waals surface area contributed by atoms with Crippen molar-refractivity contribution in [3.8, 4) is 0 Å². The van der Waals surface area contributed by atoms with E-state index in [2.05, 4.69) is 25.5 Å². The summed E-state index contributed by atoms with van der Waals surface area (Å²) in [5.74, 6) is 0.607. The minimum absolute atomic E-state index is 0.607. The quantitative estimate of drug-likeness (QED) is 0.805. The van der Waals surface area contributed by atoms with Gasteiger partial charge in [-0.2, -0.15) is 0 Å². The van der Waals surface area contributed by atoms with Gasteiger partial charge < -0.3 is 9.88 Å². The van der Waals surface area contributed by atoms with Crippen LogP contribution in [-0.4, -0.2) is 31.8 Å². The Morgan fingerprint density at radius 3 is 2.88 bits per heavy atom. The molecule has 2 aromatic rings. The van der Waals surface area contributed by atoms with E-state index in [4.69, 9.17) is 0 Å². The van der Waals surface area contributed by atoms with Crippen LogP contribution in [0.25, 0.3) is 0 Å². The lowest BCUT2D eigenvalue weighted by Gasteiger charge is -2.05. The zero-order chi connectivity index (χ0) is 11.5. The van der Waals surface area contributed by atoms with Gasteiger partial charge in [0.1, 0.15) is 11.4 Å². The second kappa shape index (κ2) is 4.48. The topological polar surface area (TPSA) is 68.5 Å². The Labute approximate surface area is 97.5 Å². The molecule has 2 rings (SSSR count). The lowest BCUT2D eigenvalue weighted by atomic mass is 10.4. The van der Waals surface area contributed by atoms with E-state index in [-0.39, 0.29) is 0 Å². The number of hydrogen-bond acceptors (Lipinski definition) is 6. The van der Waals surface area contributed by atoms with Crippen molar-refractivity contribution in [3.05, 3.63) is 18.1 Å². The van der Waals surface area contributed by atoms with Crippen molar-refractivity contribution in [2.24, 2.45) is 7.05 Å². The van der Waals surface area contributed by atoms with Gasteiger partial charge in [0.15, 0.2) is 5.16 Å². The van der Waals surface area contributed by atoms with Gasteiger partial charge in [-0.3, -0.25) is 0 Å². The van der Waals surface area contributed by atoms with Gasteiger partial charge in [-0.1, -0.05) is 0 Å². The Morgan fingerprint density at radius 2 is 2.25 bits per heavy atom. The van der Waals surface area contributed by atoms with Crippen LogP contribution in [0.15, 0.2) is 22.7 Å². The molecule has 0 fully saturated rings. The first-order valence-electron chi connectivity index (χ1n) is 4.74. The smallest absolute Gasteiger partial charge is 0.223 e. The number of nitrogens with one attached hydrogen (secondary N) is 1. The van der Waals surface area contributed by atoms with Crippen LogP contribution in [0.2, 0.25) is 0 Å². The van der Waals surface area contributed by atoms with Gasteiger partial charge in [-0.05, 0) is 18.7 Å². The summed E-state index contributed by atoms with van der Waals surface area (Å²) in [7, 11) is 3.69. The third-order valence-electron chi connectivity index (χ3n) is 2.01. The minimum Gasteiger partial charge on any atom is -0.357 e. The fourth-order valence-corrected chi connectivity index (χ4v) is 1.90. The highest BCUT2D eigenvalue weighted by molar-refractivity contribution is 7.99. The van der Waals surface area contributed by atoms with Crippen LogP contribution in [0.1, 0.15) is 5.56 Å². The standard InChI is InChI=1S/C9H12N6S/c1-6-4-11-8(10-2)13-7(6)16-9-14-12-5-15(9)3/h4-5H,1-3H3,(H,10,11,13). The molecule has 16 heavy (non-hydrogen) atoms. The zero-order valence-corrected chi connectivity index (χ0v) is 10.1. The molecule has 1 N–H and O–H groups in total. The maximum absolute atomic E-state index is 4.37. The molecule has 0 atom stereocenters. The van der Waals surface area contributed by atoms with E-state index in [1.165, 1.54) is 11.8 Å². The van der Waals surface area contributed by atoms with Crippen LogP contribution in [0.4, 0.5) is 5.95 Å². The van der Waals surface area contributed by atoms with Crippen LogP contribution in [-0.2, 0) is 7.05 Å². The largest absolute Gasteiger partial charge is 0.357 e. The van der Waals surface area contributed by atoms with Crippen molar-refractivity contribution in [1.29, 1.82) is 0 Å². The molecule has 0 bridgehead atoms. The molecule has 0 aliphatic heterocycles. The molecular formula is C9H12N6S. The van der Waals surface area contributed by atoms with Gasteiger partial charge in [0.25, 0.3) is 0 Å². The van der Waals surface area contributed by atoms with E-state index >= 15 is 0 Å². The van der Waals surface area contributed by atoms with Crippen molar-refractivity contribution >= 4 is 17.7 Å². The molecule has 0 aromatic carbocycles. The van der Waals surface area contributed by atoms with Crippen molar-refractivity contribution in [2.75, 3.05) is 12.4 Å². The third-order valence-corrected chi connectivity index (χ3v) is 3.17. The molecule has 2 aromatic heterocycles. The van der Waals surface area contributed by atoms with Gasteiger partial charge in [0.05, 0.1) is 0 Å². The van der Waals surface area contributed by atoms with Gasteiger partial charge in [-0.15, -0.1) is 10.2 Å². The molecule has 0 aliphatic rings. The summed E-state index contributed by atoms with van der Waals surface area (Å²) in [5.41, 5.74) is 1.02. The summed E-state index contributed by atoms with van der Waals surface area (Å²) < 4.78 is 1.85. The number of nitrogens with zero attached hydrogens (tertiary/aromatic N) is 5. The average molecular weight is 236 g/mol. The van der Waals surface area contributed by atoms with E-state index in [1.807, 2.05) is 18.5 Å². The lowest BCUT2D eigenvalue weighted by molar-refractivity contribution is 0.786. The lowest BCUT2D eigenvalue weighted by Crippen LogP contribution is -1.99. The number of rotatable bonds is 3. The molecule has 0 aliphatic carbocycles. The molecule has 7 heteroatoms. The fraction of sp³-hybridized carbons (Fsp3) is 0.333. The molecule has 0 saturated carbocycles. The zero-order valence-electron chi connectivity index (χ0n) is 9.30. The van der Waals surface area contributed by atoms with E-state index in [9.17, 15) is 0 Å². The second-order valence-corrected chi connectivity index (χ2v) is 4.21. The number of aryl methyl sites for hydroxylation is 2. The average Bonchev–Trinajstić information content (AvgIpc) is 2.68. The Balaban J connectivity index is 2.30. The van der Waals surface area contributed by atoms with E-state index < -0.39 is 0 Å². The van der Waals surface area contributed by atoms with Gasteiger partial charge in [0.2, 0.25) is 5.95 Å². The SMILES string of the molecule is CNc1ncc(C)c(Sc2nncn2C)n1. The van der Waals surface area contributed by atoms with Crippen LogP contribution in [0.3, 0.4) is 0 Å². The molecule has 0 spiro atoms. The predicted octanol–water partition coefficient (Wildman–Crippen LogP) is 1.11. The Bertz CT molecular complexity index is 494. The highest BCUT2D eigenvalue weighted by atomic mass is 32.2. The molecule has 0 unspecified atom stereocenters. The third kappa shape index (κ3) is 2.13. The van der Waals surface area contributed by atoms with Crippen LogP contribution < -0.4 is 5.32 Å². The molecule has 0 radical (unpaired) electrons. The van der Waals surface area contributed by atoms with Crippen molar-refractivity contribution < 1.29 is 0 Å². The van der Waals surface area contributed by atoms with Crippen LogP contribution >= 0.6 is 11.8 Å². The van der Waals surface area contributed by atoms with Crippen LogP contribution in [0, 0.1) is 6.92 Å². The summed E-state index contributed by atoms with van der Waals surface area (Å²) in [5, 5.41) is 12.4. The van der Waals surface area contributed by atoms with Crippen molar-refractivity contribution in [2.45, 2.75) is 17.1 Å². The van der Waals surface area contributed by atoms with E-state index in [0.29, 0.717) is 5.95 Å². The Kier molecular flexibility index (Phi) is 3.04. The molecule has 6 nitrogen and oxygen atoms in total. The van der Waals surface area contributed by atoms with E-state index in [1.54, 1.807) is 19.6 Å². The highest BCUT2D eigenvalue weighted by Gasteiger charge is 2.08. The monoisotopic (exact) mass is 236 g/mol. The summed E-state index contributed by atoms with van der Waals surface area (Å²) in [6.45, 7) is 1.97. The van der Waals surface area contributed by atoms with E-state index in [0.717, 1.165) is 15.7 Å². The summed E-state index contributed by atoms with van der Waals surface area (Å²) in [6, 6.07) is 0. The molecule has 0 amide bonds.